The number of carbonyl (C=O) groups excluding carboxylic acids is 1. The van der Waals surface area contributed by atoms with Gasteiger partial charge in [0.1, 0.15) is 5.76 Å². The van der Waals surface area contributed by atoms with E-state index in [-0.39, 0.29) is 5.97 Å². The standard InChI is InChI=1S/C8H10O2/c1-5(9)10-8-3-2-6-4-7(6)8/h3,6-7H,2,4H2,1H3. The van der Waals surface area contributed by atoms with E-state index in [1.165, 1.54) is 13.3 Å². The second kappa shape index (κ2) is 1.84. The van der Waals surface area contributed by atoms with Gasteiger partial charge in [-0.2, -0.15) is 0 Å². The first-order valence-electron chi connectivity index (χ1n) is 3.66. The lowest BCUT2D eigenvalue weighted by atomic mass is 10.3. The molecule has 54 valence electrons. The lowest BCUT2D eigenvalue weighted by Gasteiger charge is -2.00. The molecule has 2 heteroatoms. The molecule has 2 aliphatic carbocycles. The molecule has 0 aliphatic heterocycles. The molecule has 2 aliphatic rings. The highest BCUT2D eigenvalue weighted by Crippen LogP contribution is 2.52. The predicted molar refractivity (Wildman–Crippen MR) is 36.1 cm³/mol. The van der Waals surface area contributed by atoms with Gasteiger partial charge in [-0.25, -0.2) is 0 Å². The van der Waals surface area contributed by atoms with Crippen LogP contribution in [0.4, 0.5) is 0 Å². The van der Waals surface area contributed by atoms with Gasteiger partial charge in [-0.15, -0.1) is 0 Å². The number of ether oxygens (including phenoxy) is 1. The van der Waals surface area contributed by atoms with Gasteiger partial charge in [-0.05, 0) is 24.8 Å². The lowest BCUT2D eigenvalue weighted by molar-refractivity contribution is -0.137. The van der Waals surface area contributed by atoms with Gasteiger partial charge in [0, 0.05) is 12.8 Å². The van der Waals surface area contributed by atoms with E-state index >= 15 is 0 Å². The van der Waals surface area contributed by atoms with Gasteiger partial charge in [0.15, 0.2) is 0 Å². The molecule has 1 fully saturated rings. The Hall–Kier alpha value is -0.790. The number of fused-ring (bicyclic) bond motifs is 1. The lowest BCUT2D eigenvalue weighted by Crippen LogP contribution is -1.98. The summed E-state index contributed by atoms with van der Waals surface area (Å²) in [6.45, 7) is 1.45. The Labute approximate surface area is 59.9 Å². The van der Waals surface area contributed by atoms with Crippen LogP contribution < -0.4 is 0 Å². The molecule has 0 aromatic carbocycles. The van der Waals surface area contributed by atoms with Crippen molar-refractivity contribution in [2.75, 3.05) is 0 Å². The maximum atomic E-state index is 10.5. The van der Waals surface area contributed by atoms with E-state index in [1.807, 2.05) is 6.08 Å². The molecule has 1 saturated carbocycles. The normalized spacial score (nSPS) is 34.7. The zero-order valence-corrected chi connectivity index (χ0v) is 5.96. The minimum absolute atomic E-state index is 0.182. The van der Waals surface area contributed by atoms with Gasteiger partial charge in [0.25, 0.3) is 0 Å². The molecule has 0 radical (unpaired) electrons. The van der Waals surface area contributed by atoms with E-state index in [0.717, 1.165) is 18.1 Å². The highest BCUT2D eigenvalue weighted by molar-refractivity contribution is 5.67. The summed E-state index contributed by atoms with van der Waals surface area (Å²) in [5.41, 5.74) is 0. The van der Waals surface area contributed by atoms with E-state index in [9.17, 15) is 4.79 Å². The summed E-state index contributed by atoms with van der Waals surface area (Å²) >= 11 is 0. The summed E-state index contributed by atoms with van der Waals surface area (Å²) in [7, 11) is 0. The van der Waals surface area contributed by atoms with Gasteiger partial charge in [-0.1, -0.05) is 0 Å². The fourth-order valence-electron chi connectivity index (χ4n) is 1.56. The number of allylic oxidation sites excluding steroid dienone is 2. The summed E-state index contributed by atoms with van der Waals surface area (Å²) in [4.78, 5) is 10.5. The summed E-state index contributed by atoms with van der Waals surface area (Å²) in [6.07, 6.45) is 4.40. The average molecular weight is 138 g/mol. The highest BCUT2D eigenvalue weighted by atomic mass is 16.5. The molecule has 2 rings (SSSR count). The topological polar surface area (TPSA) is 26.3 Å². The first-order chi connectivity index (χ1) is 4.77. The number of hydrogen-bond donors (Lipinski definition) is 0. The molecule has 0 saturated heterocycles. The van der Waals surface area contributed by atoms with Crippen LogP contribution in [0.5, 0.6) is 0 Å². The van der Waals surface area contributed by atoms with Crippen molar-refractivity contribution in [3.05, 3.63) is 11.8 Å². The first-order valence-corrected chi connectivity index (χ1v) is 3.66. The Bertz CT molecular complexity index is 205. The summed E-state index contributed by atoms with van der Waals surface area (Å²) in [5, 5.41) is 0. The molecule has 0 bridgehead atoms. The quantitative estimate of drug-likeness (QED) is 0.513. The van der Waals surface area contributed by atoms with Crippen molar-refractivity contribution in [3.8, 4) is 0 Å². The van der Waals surface area contributed by atoms with Crippen LogP contribution in [0, 0.1) is 11.8 Å². The molecule has 2 nitrogen and oxygen atoms in total. The van der Waals surface area contributed by atoms with Crippen molar-refractivity contribution < 1.29 is 9.53 Å². The van der Waals surface area contributed by atoms with Crippen molar-refractivity contribution in [1.82, 2.24) is 0 Å². The van der Waals surface area contributed by atoms with Crippen LogP contribution >= 0.6 is 0 Å². The van der Waals surface area contributed by atoms with Gasteiger partial charge in [-0.3, -0.25) is 4.79 Å². The summed E-state index contributed by atoms with van der Waals surface area (Å²) < 4.78 is 4.99. The van der Waals surface area contributed by atoms with Crippen LogP contribution in [0.15, 0.2) is 11.8 Å². The van der Waals surface area contributed by atoms with Crippen LogP contribution in [-0.2, 0) is 9.53 Å². The SMILES string of the molecule is CC(=O)OC1=CCC2CC12. The molecule has 0 amide bonds. The van der Waals surface area contributed by atoms with Crippen LogP contribution in [0.2, 0.25) is 0 Å². The van der Waals surface area contributed by atoms with Gasteiger partial charge >= 0.3 is 5.97 Å². The maximum absolute atomic E-state index is 10.5. The largest absolute Gasteiger partial charge is 0.431 e. The van der Waals surface area contributed by atoms with E-state index in [1.54, 1.807) is 0 Å². The van der Waals surface area contributed by atoms with E-state index in [0.29, 0.717) is 5.92 Å². The monoisotopic (exact) mass is 138 g/mol. The molecule has 0 heterocycles. The molecular weight excluding hydrogens is 128 g/mol. The van der Waals surface area contributed by atoms with Gasteiger partial charge < -0.3 is 4.74 Å². The Morgan fingerprint density at radius 2 is 2.60 bits per heavy atom. The van der Waals surface area contributed by atoms with Crippen LogP contribution in [0.25, 0.3) is 0 Å². The Kier molecular flexibility index (Phi) is 1.10. The molecule has 10 heavy (non-hydrogen) atoms. The van der Waals surface area contributed by atoms with Gasteiger partial charge in [0.2, 0.25) is 0 Å². The third-order valence-corrected chi connectivity index (χ3v) is 2.17. The highest BCUT2D eigenvalue weighted by Gasteiger charge is 2.44. The minimum atomic E-state index is -0.182. The number of esters is 1. The second-order valence-electron chi connectivity index (χ2n) is 3.04. The fourth-order valence-corrected chi connectivity index (χ4v) is 1.56. The first kappa shape index (κ1) is 5.96. The maximum Gasteiger partial charge on any atom is 0.307 e. The molecule has 0 aromatic heterocycles. The number of rotatable bonds is 1. The molecular formula is C8H10O2. The Morgan fingerprint density at radius 3 is 3.00 bits per heavy atom. The van der Waals surface area contributed by atoms with Crippen LogP contribution in [0.3, 0.4) is 0 Å². The number of hydrogen-bond acceptors (Lipinski definition) is 2. The predicted octanol–water partition coefficient (Wildman–Crippen LogP) is 1.47. The van der Waals surface area contributed by atoms with Crippen molar-refractivity contribution in [2.45, 2.75) is 19.8 Å². The minimum Gasteiger partial charge on any atom is -0.431 e. The summed E-state index contributed by atoms with van der Waals surface area (Å²) in [5.74, 6) is 2.16. The summed E-state index contributed by atoms with van der Waals surface area (Å²) in [6, 6.07) is 0. The van der Waals surface area contributed by atoms with Crippen molar-refractivity contribution in [2.24, 2.45) is 11.8 Å². The third kappa shape index (κ3) is 0.838. The molecule has 0 N–H and O–H groups in total. The Morgan fingerprint density at radius 1 is 1.80 bits per heavy atom. The molecule has 0 aromatic rings. The third-order valence-electron chi connectivity index (χ3n) is 2.17. The van der Waals surface area contributed by atoms with Crippen molar-refractivity contribution in [3.63, 3.8) is 0 Å². The Balaban J connectivity index is 1.99. The smallest absolute Gasteiger partial charge is 0.307 e. The van der Waals surface area contributed by atoms with Crippen molar-refractivity contribution >= 4 is 5.97 Å². The molecule has 2 atom stereocenters. The van der Waals surface area contributed by atoms with E-state index in [4.69, 9.17) is 4.74 Å². The van der Waals surface area contributed by atoms with Crippen molar-refractivity contribution in [1.29, 1.82) is 0 Å². The van der Waals surface area contributed by atoms with Crippen LogP contribution in [-0.4, -0.2) is 5.97 Å². The van der Waals surface area contributed by atoms with Gasteiger partial charge in [0.05, 0.1) is 0 Å². The number of carbonyl (C=O) groups is 1. The molecule has 0 spiro atoms. The van der Waals surface area contributed by atoms with E-state index < -0.39 is 0 Å². The fraction of sp³-hybridized carbons (Fsp3) is 0.625. The molecule has 2 unspecified atom stereocenters. The zero-order valence-electron chi connectivity index (χ0n) is 5.96. The van der Waals surface area contributed by atoms with E-state index in [2.05, 4.69) is 0 Å². The second-order valence-corrected chi connectivity index (χ2v) is 3.04. The average Bonchev–Trinajstić information content (AvgIpc) is 2.52. The van der Waals surface area contributed by atoms with Crippen LogP contribution in [0.1, 0.15) is 19.8 Å². The zero-order chi connectivity index (χ0) is 7.14.